The van der Waals surface area contributed by atoms with Crippen LogP contribution in [0.2, 0.25) is 5.02 Å². The lowest BCUT2D eigenvalue weighted by molar-refractivity contribution is 0.0952. The molecule has 0 spiro atoms. The number of benzene rings is 1. The van der Waals surface area contributed by atoms with Gasteiger partial charge in [-0.3, -0.25) is 9.48 Å². The van der Waals surface area contributed by atoms with Crippen LogP contribution in [0.5, 0.6) is 0 Å². The van der Waals surface area contributed by atoms with Crippen molar-refractivity contribution in [1.29, 1.82) is 0 Å². The lowest BCUT2D eigenvalue weighted by Gasteiger charge is -2.06. The number of carbonyl (C=O) groups is 1. The van der Waals surface area contributed by atoms with Gasteiger partial charge in [-0.25, -0.2) is 0 Å². The number of aromatic nitrogens is 2. The molecule has 19 heavy (non-hydrogen) atoms. The Labute approximate surface area is 116 Å². The highest BCUT2D eigenvalue weighted by Crippen LogP contribution is 2.19. The predicted molar refractivity (Wildman–Crippen MR) is 75.2 cm³/mol. The van der Waals surface area contributed by atoms with Crippen LogP contribution < -0.4 is 11.1 Å². The number of hydrogen-bond donors (Lipinski definition) is 2. The third-order valence-electron chi connectivity index (χ3n) is 2.65. The molecule has 0 saturated heterocycles. The highest BCUT2D eigenvalue weighted by atomic mass is 35.5. The monoisotopic (exact) mass is 278 g/mol. The van der Waals surface area contributed by atoms with Crippen LogP contribution in [0.4, 0.5) is 5.69 Å². The van der Waals surface area contributed by atoms with Crippen LogP contribution in [0, 0.1) is 6.92 Å². The maximum atomic E-state index is 11.9. The van der Waals surface area contributed by atoms with Crippen molar-refractivity contribution in [2.45, 2.75) is 13.5 Å². The highest BCUT2D eigenvalue weighted by molar-refractivity contribution is 6.33. The van der Waals surface area contributed by atoms with E-state index in [0.717, 1.165) is 5.56 Å². The first-order valence-electron chi connectivity index (χ1n) is 5.88. The molecule has 0 saturated carbocycles. The van der Waals surface area contributed by atoms with E-state index in [1.54, 1.807) is 29.1 Å². The zero-order valence-electron chi connectivity index (χ0n) is 10.6. The average molecular weight is 279 g/mol. The molecule has 0 unspecified atom stereocenters. The van der Waals surface area contributed by atoms with E-state index in [-0.39, 0.29) is 5.91 Å². The summed E-state index contributed by atoms with van der Waals surface area (Å²) in [5.74, 6) is -0.175. The number of anilines is 1. The van der Waals surface area contributed by atoms with Crippen LogP contribution in [-0.2, 0) is 6.54 Å². The number of nitrogens with one attached hydrogen (secondary N) is 1. The Hall–Kier alpha value is -2.01. The Kier molecular flexibility index (Phi) is 4.06. The largest absolute Gasteiger partial charge is 0.398 e. The molecule has 100 valence electrons. The highest BCUT2D eigenvalue weighted by Gasteiger charge is 2.07. The second kappa shape index (κ2) is 5.75. The van der Waals surface area contributed by atoms with E-state index in [4.69, 9.17) is 17.3 Å². The van der Waals surface area contributed by atoms with E-state index < -0.39 is 0 Å². The lowest BCUT2D eigenvalue weighted by Crippen LogP contribution is -2.27. The molecule has 5 nitrogen and oxygen atoms in total. The van der Waals surface area contributed by atoms with Crippen molar-refractivity contribution in [2.75, 3.05) is 12.3 Å². The average Bonchev–Trinajstić information content (AvgIpc) is 2.78. The molecule has 1 amide bonds. The summed E-state index contributed by atoms with van der Waals surface area (Å²) in [4.78, 5) is 11.9. The summed E-state index contributed by atoms with van der Waals surface area (Å²) in [7, 11) is 0. The molecule has 2 aromatic rings. The molecule has 3 N–H and O–H groups in total. The van der Waals surface area contributed by atoms with Gasteiger partial charge in [0.15, 0.2) is 0 Å². The minimum Gasteiger partial charge on any atom is -0.398 e. The Balaban J connectivity index is 1.89. The minimum absolute atomic E-state index is 0.175. The van der Waals surface area contributed by atoms with Crippen molar-refractivity contribution in [3.05, 3.63) is 46.7 Å². The SMILES string of the molecule is Cc1cnn(CCNC(=O)c2ccc(N)c(Cl)c2)c1. The molecule has 0 aliphatic carbocycles. The fraction of sp³-hybridized carbons (Fsp3) is 0.231. The quantitative estimate of drug-likeness (QED) is 0.839. The Morgan fingerprint density at radius 1 is 1.53 bits per heavy atom. The smallest absolute Gasteiger partial charge is 0.251 e. The summed E-state index contributed by atoms with van der Waals surface area (Å²) in [5, 5.41) is 7.33. The van der Waals surface area contributed by atoms with Gasteiger partial charge in [0.05, 0.1) is 23.5 Å². The first kappa shape index (κ1) is 13.4. The number of nitrogen functional groups attached to an aromatic ring is 1. The second-order valence-corrected chi connectivity index (χ2v) is 4.68. The second-order valence-electron chi connectivity index (χ2n) is 4.27. The van der Waals surface area contributed by atoms with Crippen LogP contribution in [0.25, 0.3) is 0 Å². The zero-order valence-corrected chi connectivity index (χ0v) is 11.3. The molecule has 0 aliphatic rings. The van der Waals surface area contributed by atoms with Crippen molar-refractivity contribution < 1.29 is 4.79 Å². The molecule has 1 aromatic carbocycles. The van der Waals surface area contributed by atoms with Crippen LogP contribution in [-0.4, -0.2) is 22.2 Å². The van der Waals surface area contributed by atoms with E-state index in [1.165, 1.54) is 0 Å². The van der Waals surface area contributed by atoms with Crippen LogP contribution in [0.15, 0.2) is 30.6 Å². The van der Waals surface area contributed by atoms with Crippen LogP contribution >= 0.6 is 11.6 Å². The number of hydrogen-bond acceptors (Lipinski definition) is 3. The summed E-state index contributed by atoms with van der Waals surface area (Å²) in [6.07, 6.45) is 3.70. The van der Waals surface area contributed by atoms with Gasteiger partial charge in [-0.05, 0) is 30.7 Å². The molecule has 6 heteroatoms. The van der Waals surface area contributed by atoms with Gasteiger partial charge >= 0.3 is 0 Å². The predicted octanol–water partition coefficient (Wildman–Crippen LogP) is 1.86. The summed E-state index contributed by atoms with van der Waals surface area (Å²) < 4.78 is 1.78. The van der Waals surface area contributed by atoms with Gasteiger partial charge in [-0.2, -0.15) is 5.10 Å². The zero-order chi connectivity index (χ0) is 13.8. The van der Waals surface area contributed by atoms with Crippen molar-refractivity contribution >= 4 is 23.2 Å². The van der Waals surface area contributed by atoms with E-state index in [2.05, 4.69) is 10.4 Å². The molecule has 2 rings (SSSR count). The Bertz CT molecular complexity index is 594. The maximum Gasteiger partial charge on any atom is 0.251 e. The van der Waals surface area contributed by atoms with E-state index in [0.29, 0.717) is 29.4 Å². The lowest BCUT2D eigenvalue weighted by atomic mass is 10.2. The number of nitrogens with zero attached hydrogens (tertiary/aromatic N) is 2. The number of halogens is 1. The normalized spacial score (nSPS) is 10.4. The van der Waals surface area contributed by atoms with Crippen molar-refractivity contribution in [2.24, 2.45) is 0 Å². The van der Waals surface area contributed by atoms with Gasteiger partial charge in [-0.1, -0.05) is 11.6 Å². The summed E-state index contributed by atoms with van der Waals surface area (Å²) in [5.41, 5.74) is 7.65. The van der Waals surface area contributed by atoms with Crippen molar-refractivity contribution in [1.82, 2.24) is 15.1 Å². The first-order valence-corrected chi connectivity index (χ1v) is 6.26. The van der Waals surface area contributed by atoms with Crippen LogP contribution in [0.1, 0.15) is 15.9 Å². The Morgan fingerprint density at radius 3 is 2.95 bits per heavy atom. The molecule has 0 atom stereocenters. The van der Waals surface area contributed by atoms with Gasteiger partial charge in [0.25, 0.3) is 5.91 Å². The molecule has 0 bridgehead atoms. The standard InChI is InChI=1S/C13H15ClN4O/c1-9-7-17-18(8-9)5-4-16-13(19)10-2-3-12(15)11(14)6-10/h2-3,6-8H,4-5,15H2,1H3,(H,16,19). The fourth-order valence-corrected chi connectivity index (χ4v) is 1.82. The van der Waals surface area contributed by atoms with Crippen LogP contribution in [0.3, 0.4) is 0 Å². The number of aryl methyl sites for hydroxylation is 1. The molecule has 1 aromatic heterocycles. The first-order chi connectivity index (χ1) is 9.06. The molecule has 0 fully saturated rings. The summed E-state index contributed by atoms with van der Waals surface area (Å²) in [6, 6.07) is 4.83. The third-order valence-corrected chi connectivity index (χ3v) is 2.98. The molecule has 0 aliphatic heterocycles. The molecule has 0 radical (unpaired) electrons. The number of rotatable bonds is 4. The summed E-state index contributed by atoms with van der Waals surface area (Å²) >= 11 is 5.87. The van der Waals surface area contributed by atoms with Gasteiger partial charge in [0.2, 0.25) is 0 Å². The minimum atomic E-state index is -0.175. The fourth-order valence-electron chi connectivity index (χ4n) is 1.64. The molecular formula is C13H15ClN4O. The maximum absolute atomic E-state index is 11.9. The number of carbonyl (C=O) groups excluding carboxylic acids is 1. The van der Waals surface area contributed by atoms with Crippen molar-refractivity contribution in [3.63, 3.8) is 0 Å². The number of nitrogens with two attached hydrogens (primary N) is 1. The number of amides is 1. The van der Waals surface area contributed by atoms with Gasteiger partial charge in [0.1, 0.15) is 0 Å². The van der Waals surface area contributed by atoms with Gasteiger partial charge < -0.3 is 11.1 Å². The van der Waals surface area contributed by atoms with E-state index >= 15 is 0 Å². The third kappa shape index (κ3) is 3.48. The summed E-state index contributed by atoms with van der Waals surface area (Å²) in [6.45, 7) is 3.10. The van der Waals surface area contributed by atoms with Gasteiger partial charge in [0, 0.05) is 18.3 Å². The topological polar surface area (TPSA) is 72.9 Å². The van der Waals surface area contributed by atoms with E-state index in [9.17, 15) is 4.79 Å². The molecular weight excluding hydrogens is 264 g/mol. The Morgan fingerprint density at radius 2 is 2.32 bits per heavy atom. The van der Waals surface area contributed by atoms with E-state index in [1.807, 2.05) is 13.1 Å². The van der Waals surface area contributed by atoms with Crippen molar-refractivity contribution in [3.8, 4) is 0 Å². The van der Waals surface area contributed by atoms with Gasteiger partial charge in [-0.15, -0.1) is 0 Å². The molecule has 1 heterocycles.